The second-order valence-corrected chi connectivity index (χ2v) is 5.31. The van der Waals surface area contributed by atoms with Crippen LogP contribution in [-0.2, 0) is 11.3 Å². The normalized spacial score (nSPS) is 13.0. The molecule has 1 N–H and O–H groups in total. The predicted octanol–water partition coefficient (Wildman–Crippen LogP) is 2.80. The van der Waals surface area contributed by atoms with Crippen molar-refractivity contribution in [1.29, 1.82) is 0 Å². The summed E-state index contributed by atoms with van der Waals surface area (Å²) < 4.78 is 1.95. The Hall–Kier alpha value is -2.36. The van der Waals surface area contributed by atoms with Gasteiger partial charge in [0.05, 0.1) is 6.33 Å². The number of hydrogen-bond acceptors (Lipinski definition) is 2. The summed E-state index contributed by atoms with van der Waals surface area (Å²) in [4.78, 5) is 16.1. The fourth-order valence-corrected chi connectivity index (χ4v) is 2.33. The summed E-state index contributed by atoms with van der Waals surface area (Å²) in [6, 6.07) is 8.11. The van der Waals surface area contributed by atoms with Crippen LogP contribution in [-0.4, -0.2) is 21.5 Å². The third-order valence-corrected chi connectivity index (χ3v) is 3.35. The number of rotatable bonds is 5. The zero-order valence-electron chi connectivity index (χ0n) is 12.7. The fourth-order valence-electron chi connectivity index (χ4n) is 2.33. The molecule has 1 aromatic heterocycles. The lowest BCUT2D eigenvalue weighted by atomic mass is 10.0. The van der Waals surface area contributed by atoms with Crippen LogP contribution in [0.4, 0.5) is 0 Å². The van der Waals surface area contributed by atoms with Crippen molar-refractivity contribution in [1.82, 2.24) is 14.9 Å². The summed E-state index contributed by atoms with van der Waals surface area (Å²) in [6.07, 6.45) is 7.03. The Morgan fingerprint density at radius 1 is 1.43 bits per heavy atom. The van der Waals surface area contributed by atoms with Gasteiger partial charge in [-0.25, -0.2) is 4.98 Å². The summed E-state index contributed by atoms with van der Waals surface area (Å²) in [5, 5.41) is 2.97. The van der Waals surface area contributed by atoms with Gasteiger partial charge >= 0.3 is 0 Å². The number of imidazole rings is 1. The van der Waals surface area contributed by atoms with E-state index in [0.29, 0.717) is 6.54 Å². The van der Waals surface area contributed by atoms with E-state index < -0.39 is 0 Å². The first-order valence-corrected chi connectivity index (χ1v) is 7.07. The second-order valence-electron chi connectivity index (χ2n) is 5.31. The first-order valence-electron chi connectivity index (χ1n) is 7.07. The average Bonchev–Trinajstić information content (AvgIpc) is 2.91. The van der Waals surface area contributed by atoms with E-state index in [-0.39, 0.29) is 11.9 Å². The molecule has 2 rings (SSSR count). The Balaban J connectivity index is 1.97. The maximum Gasteiger partial charge on any atom is 0.244 e. The van der Waals surface area contributed by atoms with Crippen LogP contribution in [0.1, 0.15) is 25.0 Å². The van der Waals surface area contributed by atoms with Crippen LogP contribution in [0.15, 0.2) is 49.1 Å². The van der Waals surface area contributed by atoms with Gasteiger partial charge in [0, 0.05) is 31.1 Å². The molecule has 1 atom stereocenters. The van der Waals surface area contributed by atoms with Crippen molar-refractivity contribution in [3.63, 3.8) is 0 Å². The second kappa shape index (κ2) is 6.88. The van der Waals surface area contributed by atoms with E-state index in [9.17, 15) is 4.79 Å². The molecule has 1 aromatic carbocycles. The van der Waals surface area contributed by atoms with Gasteiger partial charge in [-0.2, -0.15) is 0 Å². The van der Waals surface area contributed by atoms with E-state index in [4.69, 9.17) is 0 Å². The van der Waals surface area contributed by atoms with Crippen LogP contribution >= 0.6 is 0 Å². The van der Waals surface area contributed by atoms with E-state index in [1.807, 2.05) is 55.8 Å². The Morgan fingerprint density at radius 3 is 2.86 bits per heavy atom. The van der Waals surface area contributed by atoms with Crippen LogP contribution in [0, 0.1) is 6.92 Å². The minimum absolute atomic E-state index is 0.0487. The minimum atomic E-state index is -0.0663. The molecule has 4 heteroatoms. The molecule has 110 valence electrons. The van der Waals surface area contributed by atoms with Gasteiger partial charge in [-0.05, 0) is 37.5 Å². The zero-order valence-corrected chi connectivity index (χ0v) is 12.7. The third kappa shape index (κ3) is 4.31. The van der Waals surface area contributed by atoms with Crippen molar-refractivity contribution in [2.45, 2.75) is 33.4 Å². The van der Waals surface area contributed by atoms with Crippen LogP contribution in [0.2, 0.25) is 0 Å². The highest BCUT2D eigenvalue weighted by atomic mass is 16.1. The first kappa shape index (κ1) is 15.0. The molecule has 21 heavy (non-hydrogen) atoms. The topological polar surface area (TPSA) is 46.9 Å². The van der Waals surface area contributed by atoms with Crippen LogP contribution in [0.25, 0.3) is 5.57 Å². The molecule has 2 aromatic rings. The molecule has 1 heterocycles. The number of allylic oxidation sites excluding steroid dienone is 1. The van der Waals surface area contributed by atoms with Crippen molar-refractivity contribution in [2.24, 2.45) is 0 Å². The van der Waals surface area contributed by atoms with Crippen molar-refractivity contribution >= 4 is 11.5 Å². The Bertz CT molecular complexity index is 629. The van der Waals surface area contributed by atoms with Gasteiger partial charge in [-0.3, -0.25) is 4.79 Å². The number of carbonyl (C=O) groups is 1. The Labute approximate surface area is 125 Å². The van der Waals surface area contributed by atoms with E-state index in [1.54, 1.807) is 18.6 Å². The zero-order chi connectivity index (χ0) is 15.2. The summed E-state index contributed by atoms with van der Waals surface area (Å²) >= 11 is 0. The molecule has 0 saturated carbocycles. The lowest BCUT2D eigenvalue weighted by Gasteiger charge is -2.13. The van der Waals surface area contributed by atoms with Gasteiger partial charge in [0.2, 0.25) is 5.91 Å². The highest BCUT2D eigenvalue weighted by Gasteiger charge is 2.07. The molecule has 0 bridgehead atoms. The summed E-state index contributed by atoms with van der Waals surface area (Å²) in [6.45, 7) is 6.70. The third-order valence-electron chi connectivity index (χ3n) is 3.35. The highest BCUT2D eigenvalue weighted by molar-refractivity contribution is 5.95. The molecule has 0 aliphatic carbocycles. The fraction of sp³-hybridized carbons (Fsp3) is 0.294. The van der Waals surface area contributed by atoms with Crippen LogP contribution in [0.3, 0.4) is 0 Å². The maximum atomic E-state index is 12.1. The largest absolute Gasteiger partial charge is 0.348 e. The predicted molar refractivity (Wildman–Crippen MR) is 84.7 cm³/mol. The summed E-state index contributed by atoms with van der Waals surface area (Å²) in [5.41, 5.74) is 3.25. The van der Waals surface area contributed by atoms with Crippen LogP contribution in [0.5, 0.6) is 0 Å². The molecule has 0 unspecified atom stereocenters. The van der Waals surface area contributed by atoms with Crippen molar-refractivity contribution in [3.8, 4) is 0 Å². The van der Waals surface area contributed by atoms with E-state index in [2.05, 4.69) is 10.3 Å². The van der Waals surface area contributed by atoms with Gasteiger partial charge < -0.3 is 9.88 Å². The summed E-state index contributed by atoms with van der Waals surface area (Å²) in [7, 11) is 0. The number of amides is 1. The Morgan fingerprint density at radius 2 is 2.19 bits per heavy atom. The number of nitrogens with zero attached hydrogens (tertiary/aromatic N) is 2. The number of nitrogens with one attached hydrogen (secondary N) is 1. The number of carbonyl (C=O) groups excluding carboxylic acids is 1. The molecular weight excluding hydrogens is 262 g/mol. The quantitative estimate of drug-likeness (QED) is 0.858. The SMILES string of the molecule is C/C(=C/C(=O)N[C@@H](C)Cn1ccnc1)c1ccccc1C. The smallest absolute Gasteiger partial charge is 0.244 e. The monoisotopic (exact) mass is 283 g/mol. The van der Waals surface area contributed by atoms with E-state index >= 15 is 0 Å². The van der Waals surface area contributed by atoms with Gasteiger partial charge in [0.25, 0.3) is 0 Å². The molecule has 1 amide bonds. The lowest BCUT2D eigenvalue weighted by molar-refractivity contribution is -0.117. The highest BCUT2D eigenvalue weighted by Crippen LogP contribution is 2.17. The lowest BCUT2D eigenvalue weighted by Crippen LogP contribution is -2.34. The van der Waals surface area contributed by atoms with Crippen molar-refractivity contribution < 1.29 is 4.79 Å². The average molecular weight is 283 g/mol. The first-order chi connectivity index (χ1) is 10.1. The number of hydrogen-bond donors (Lipinski definition) is 1. The maximum absolute atomic E-state index is 12.1. The van der Waals surface area contributed by atoms with Crippen LogP contribution < -0.4 is 5.32 Å². The molecule has 4 nitrogen and oxygen atoms in total. The molecule has 0 fully saturated rings. The summed E-state index contributed by atoms with van der Waals surface area (Å²) in [5.74, 6) is -0.0663. The standard InChI is InChI=1S/C17H21N3O/c1-13-6-4-5-7-16(13)14(2)10-17(21)19-15(3)11-20-9-8-18-12-20/h4-10,12,15H,11H2,1-3H3,(H,19,21)/b14-10-/t15-/m0/s1. The van der Waals surface area contributed by atoms with Gasteiger partial charge in [-0.1, -0.05) is 24.3 Å². The number of aromatic nitrogens is 2. The molecule has 0 aliphatic heterocycles. The Kier molecular flexibility index (Phi) is 4.93. The van der Waals surface area contributed by atoms with E-state index in [0.717, 1.165) is 11.1 Å². The van der Waals surface area contributed by atoms with E-state index in [1.165, 1.54) is 5.56 Å². The molecule has 0 aliphatic rings. The number of aryl methyl sites for hydroxylation is 1. The molecule has 0 spiro atoms. The number of benzene rings is 1. The molecule has 0 radical (unpaired) electrons. The molecular formula is C17H21N3O. The van der Waals surface area contributed by atoms with Crippen molar-refractivity contribution in [3.05, 3.63) is 60.2 Å². The molecule has 0 saturated heterocycles. The van der Waals surface area contributed by atoms with Gasteiger partial charge in [-0.15, -0.1) is 0 Å². The van der Waals surface area contributed by atoms with Gasteiger partial charge in [0.1, 0.15) is 0 Å². The minimum Gasteiger partial charge on any atom is -0.348 e. The van der Waals surface area contributed by atoms with Gasteiger partial charge in [0.15, 0.2) is 0 Å². The van der Waals surface area contributed by atoms with Crippen molar-refractivity contribution in [2.75, 3.05) is 0 Å².